The van der Waals surface area contributed by atoms with Crippen molar-refractivity contribution in [2.75, 3.05) is 26.2 Å². The summed E-state index contributed by atoms with van der Waals surface area (Å²) in [5.74, 6) is -0.174. The fourth-order valence-electron chi connectivity index (χ4n) is 6.23. The summed E-state index contributed by atoms with van der Waals surface area (Å²) in [6.07, 6.45) is 3.60. The maximum atomic E-state index is 14.0. The third kappa shape index (κ3) is 4.87. The second-order valence-electron chi connectivity index (χ2n) is 9.82. The van der Waals surface area contributed by atoms with Gasteiger partial charge < -0.3 is 16.9 Å². The maximum Gasteiger partial charge on any atom is 0.172 e. The molecule has 2 atom stereocenters. The van der Waals surface area contributed by atoms with Crippen LogP contribution in [0.25, 0.3) is 0 Å². The molecule has 2 saturated heterocycles. The quantitative estimate of drug-likeness (QED) is 0.422. The lowest BCUT2D eigenvalue weighted by Gasteiger charge is -2.51. The third-order valence-corrected chi connectivity index (χ3v) is 7.77. The van der Waals surface area contributed by atoms with Gasteiger partial charge in [-0.2, -0.15) is 0 Å². The molecule has 0 aliphatic carbocycles. The molecular formula is C30H32ClNO2. The number of benzene rings is 3. The highest BCUT2D eigenvalue weighted by molar-refractivity contribution is 6.02. The molecule has 0 bridgehead atoms. The third-order valence-electron chi connectivity index (χ3n) is 7.77. The van der Waals surface area contributed by atoms with Gasteiger partial charge in [-0.25, -0.2) is 0 Å². The molecule has 3 aromatic carbocycles. The molecule has 0 saturated carbocycles. The van der Waals surface area contributed by atoms with E-state index in [0.717, 1.165) is 47.4 Å². The van der Waals surface area contributed by atoms with Gasteiger partial charge in [0.25, 0.3) is 0 Å². The minimum absolute atomic E-state index is 0. The van der Waals surface area contributed by atoms with Crippen molar-refractivity contribution < 1.29 is 26.5 Å². The van der Waals surface area contributed by atoms with Crippen LogP contribution in [0.4, 0.5) is 0 Å². The van der Waals surface area contributed by atoms with Crippen LogP contribution in [0.5, 0.6) is 0 Å². The topological polar surface area (TPSA) is 34.1 Å². The Kier molecular flexibility index (Phi) is 7.65. The number of rotatable bonds is 5. The van der Waals surface area contributed by atoms with Gasteiger partial charge in [0.1, 0.15) is 0 Å². The zero-order valence-corrected chi connectivity index (χ0v) is 20.2. The molecule has 4 heteroatoms. The van der Waals surface area contributed by atoms with Crippen molar-refractivity contribution in [1.82, 2.24) is 0 Å². The molecule has 176 valence electrons. The zero-order valence-electron chi connectivity index (χ0n) is 19.5. The van der Waals surface area contributed by atoms with Crippen LogP contribution in [0, 0.1) is 11.8 Å². The fourth-order valence-corrected chi connectivity index (χ4v) is 6.23. The van der Waals surface area contributed by atoms with Crippen LogP contribution in [0.2, 0.25) is 0 Å². The van der Waals surface area contributed by atoms with E-state index in [1.807, 2.05) is 78.9 Å². The number of quaternary nitrogens is 1. The van der Waals surface area contributed by atoms with Crippen molar-refractivity contribution in [3.63, 3.8) is 0 Å². The Labute approximate surface area is 208 Å². The van der Waals surface area contributed by atoms with Crippen molar-refractivity contribution in [2.45, 2.75) is 25.2 Å². The van der Waals surface area contributed by atoms with Crippen molar-refractivity contribution in [3.8, 4) is 0 Å². The van der Waals surface area contributed by atoms with E-state index in [4.69, 9.17) is 0 Å². The van der Waals surface area contributed by atoms with Crippen molar-refractivity contribution in [1.29, 1.82) is 0 Å². The van der Waals surface area contributed by atoms with Crippen molar-refractivity contribution in [3.05, 3.63) is 108 Å². The molecule has 0 N–H and O–H groups in total. The molecule has 0 amide bonds. The first-order valence-electron chi connectivity index (χ1n) is 12.3. The molecular weight excluding hydrogens is 442 g/mol. The van der Waals surface area contributed by atoms with Crippen molar-refractivity contribution >= 4 is 11.6 Å². The zero-order chi connectivity index (χ0) is 22.7. The number of piperidine rings is 2. The van der Waals surface area contributed by atoms with E-state index in [1.54, 1.807) is 0 Å². The van der Waals surface area contributed by atoms with Gasteiger partial charge in [0.2, 0.25) is 0 Å². The molecule has 5 rings (SSSR count). The normalized spacial score (nSPS) is 23.6. The Balaban J connectivity index is 0.00000274. The van der Waals surface area contributed by atoms with Crippen LogP contribution < -0.4 is 12.4 Å². The van der Waals surface area contributed by atoms with Crippen LogP contribution >= 0.6 is 0 Å². The van der Waals surface area contributed by atoms with Gasteiger partial charge in [0, 0.05) is 17.0 Å². The predicted molar refractivity (Wildman–Crippen MR) is 131 cm³/mol. The summed E-state index contributed by atoms with van der Waals surface area (Å²) in [6, 6.07) is 29.6. The van der Waals surface area contributed by atoms with Crippen molar-refractivity contribution in [2.24, 2.45) is 11.8 Å². The van der Waals surface area contributed by atoms with Gasteiger partial charge in [-0.05, 0) is 24.8 Å². The summed E-state index contributed by atoms with van der Waals surface area (Å²) in [4.78, 5) is 28.0. The largest absolute Gasteiger partial charge is 1.00 e. The average Bonchev–Trinajstić information content (AvgIpc) is 2.89. The highest BCUT2D eigenvalue weighted by Gasteiger charge is 2.52. The first-order valence-corrected chi connectivity index (χ1v) is 12.3. The van der Waals surface area contributed by atoms with E-state index in [0.29, 0.717) is 0 Å². The highest BCUT2D eigenvalue weighted by Crippen LogP contribution is 2.44. The van der Waals surface area contributed by atoms with Gasteiger partial charge in [0.15, 0.2) is 11.6 Å². The number of carbonyl (C=O) groups is 2. The number of ketones is 2. The molecule has 3 nitrogen and oxygen atoms in total. The smallest absolute Gasteiger partial charge is 0.172 e. The lowest BCUT2D eigenvalue weighted by molar-refractivity contribution is -0.941. The van der Waals surface area contributed by atoms with E-state index < -0.39 is 0 Å². The van der Waals surface area contributed by atoms with Gasteiger partial charge in [-0.3, -0.25) is 9.59 Å². The van der Waals surface area contributed by atoms with Gasteiger partial charge in [-0.15, -0.1) is 0 Å². The summed E-state index contributed by atoms with van der Waals surface area (Å²) in [5.41, 5.74) is 2.62. The minimum atomic E-state index is -0.209. The number of hydrogen-bond donors (Lipinski definition) is 0. The first-order chi connectivity index (χ1) is 16.2. The van der Waals surface area contributed by atoms with Gasteiger partial charge >= 0.3 is 0 Å². The number of hydrogen-bond acceptors (Lipinski definition) is 2. The maximum absolute atomic E-state index is 14.0. The highest BCUT2D eigenvalue weighted by atomic mass is 35.5. The molecule has 2 unspecified atom stereocenters. The summed E-state index contributed by atoms with van der Waals surface area (Å²) < 4.78 is 0.899. The molecule has 2 heterocycles. The Morgan fingerprint density at radius 1 is 0.588 bits per heavy atom. The van der Waals surface area contributed by atoms with E-state index in [1.165, 1.54) is 19.3 Å². The van der Waals surface area contributed by atoms with E-state index >= 15 is 0 Å². The lowest BCUT2D eigenvalue weighted by Crippen LogP contribution is -3.00. The average molecular weight is 474 g/mol. The molecule has 0 radical (unpaired) electrons. The second kappa shape index (κ2) is 10.7. The molecule has 34 heavy (non-hydrogen) atoms. The fraction of sp³-hybridized carbons (Fsp3) is 0.333. The number of carbonyl (C=O) groups excluding carboxylic acids is 2. The molecule has 2 fully saturated rings. The Morgan fingerprint density at radius 3 is 1.44 bits per heavy atom. The van der Waals surface area contributed by atoms with E-state index in [9.17, 15) is 9.59 Å². The van der Waals surface area contributed by atoms with Crippen LogP contribution in [0.3, 0.4) is 0 Å². The minimum Gasteiger partial charge on any atom is -1.00 e. The summed E-state index contributed by atoms with van der Waals surface area (Å²) >= 11 is 0. The summed E-state index contributed by atoms with van der Waals surface area (Å²) in [7, 11) is 0. The van der Waals surface area contributed by atoms with Crippen LogP contribution in [0.1, 0.15) is 51.5 Å². The Bertz CT molecular complexity index is 1030. The second-order valence-corrected chi connectivity index (χ2v) is 9.82. The molecule has 0 aromatic heterocycles. The number of nitrogens with zero attached hydrogens (tertiary/aromatic N) is 1. The number of Topliss-reactive ketones (excluding diaryl/α,β-unsaturated/α-hetero) is 2. The molecule has 2 aliphatic heterocycles. The monoisotopic (exact) mass is 473 g/mol. The SMILES string of the molecule is O=C(c1ccccc1)C1C[N+]2(CCCCC2)CC(C(=O)c2ccccc2)C1c1ccccc1.[Cl-]. The summed E-state index contributed by atoms with van der Waals surface area (Å²) in [6.45, 7) is 3.79. The summed E-state index contributed by atoms with van der Waals surface area (Å²) in [5, 5.41) is 0. The van der Waals surface area contributed by atoms with Gasteiger partial charge in [0.05, 0.1) is 38.0 Å². The Hall–Kier alpha value is -2.75. The van der Waals surface area contributed by atoms with Crippen LogP contribution in [-0.2, 0) is 0 Å². The lowest BCUT2D eigenvalue weighted by atomic mass is 9.67. The molecule has 2 aliphatic rings. The van der Waals surface area contributed by atoms with E-state index in [2.05, 4.69) is 12.1 Å². The number of halogens is 1. The predicted octanol–water partition coefficient (Wildman–Crippen LogP) is 2.79. The van der Waals surface area contributed by atoms with Crippen LogP contribution in [0.15, 0.2) is 91.0 Å². The standard InChI is InChI=1S/C30H32NO2.ClH/c32-29(24-15-7-2-8-16-24)26-21-31(19-11-4-12-20-31)22-27(28(26)23-13-5-1-6-14-23)30(33)25-17-9-3-10-18-25;/h1-3,5-10,13-18,26-28H,4,11-12,19-22H2;1H/q+1;/p-1. The van der Waals surface area contributed by atoms with E-state index in [-0.39, 0.29) is 41.7 Å². The van der Waals surface area contributed by atoms with Gasteiger partial charge in [-0.1, -0.05) is 91.0 Å². The molecule has 1 spiro atoms. The first kappa shape index (κ1) is 24.4. The molecule has 3 aromatic rings. The Morgan fingerprint density at radius 2 is 1.00 bits per heavy atom. The van der Waals surface area contributed by atoms with Crippen LogP contribution in [-0.4, -0.2) is 42.2 Å².